The van der Waals surface area contributed by atoms with E-state index < -0.39 is 29.7 Å². The lowest BCUT2D eigenvalue weighted by Crippen LogP contribution is -2.44. The van der Waals surface area contributed by atoms with Crippen LogP contribution in [0, 0.1) is 17.1 Å². The van der Waals surface area contributed by atoms with Gasteiger partial charge in [-0.15, -0.1) is 0 Å². The molecule has 0 saturated carbocycles. The molecule has 10 heteroatoms. The van der Waals surface area contributed by atoms with Gasteiger partial charge in [-0.3, -0.25) is 0 Å². The molecule has 1 saturated heterocycles. The summed E-state index contributed by atoms with van der Waals surface area (Å²) < 4.78 is 42.2. The molecule has 0 aliphatic carbocycles. The predicted octanol–water partition coefficient (Wildman–Crippen LogP) is 4.96. The van der Waals surface area contributed by atoms with Gasteiger partial charge in [0.25, 0.3) is 0 Å². The van der Waals surface area contributed by atoms with E-state index in [-0.39, 0.29) is 36.8 Å². The van der Waals surface area contributed by atoms with Gasteiger partial charge in [0, 0.05) is 6.07 Å². The molecule has 9 nitrogen and oxygen atoms in total. The first kappa shape index (κ1) is 28.5. The van der Waals surface area contributed by atoms with Crippen LogP contribution in [0.25, 0.3) is 5.52 Å². The third-order valence-electron chi connectivity index (χ3n) is 7.44. The van der Waals surface area contributed by atoms with E-state index in [1.54, 1.807) is 0 Å². The molecule has 0 spiro atoms. The van der Waals surface area contributed by atoms with E-state index in [1.165, 1.54) is 16.9 Å². The van der Waals surface area contributed by atoms with Crippen molar-refractivity contribution in [2.75, 3.05) is 12.3 Å². The van der Waals surface area contributed by atoms with E-state index in [0.717, 1.165) is 16.7 Å². The Balaban J connectivity index is 1.39. The standard InChI is InChI=1S/C33H30FN5O4/c34-26-16-28(39-29(26)32(36)37-22-38-39)33(21-35)31(42-19-25-14-8-3-9-15-25)30(41-18-24-12-6-2-7-13-24)27(43-33)20-40-17-23-10-4-1-5-11-23/h1-16,22,27,30-31H,17-20H2,(H2,36,37,38)/t27-,30-,31-,33+/m1/s1. The van der Waals surface area contributed by atoms with Gasteiger partial charge in [-0.2, -0.15) is 10.4 Å². The van der Waals surface area contributed by atoms with Gasteiger partial charge < -0.3 is 24.7 Å². The normalized spacial score (nSPS) is 21.6. The largest absolute Gasteiger partial charge is 0.382 e. The van der Waals surface area contributed by atoms with Gasteiger partial charge in [0.15, 0.2) is 11.6 Å². The fourth-order valence-corrected chi connectivity index (χ4v) is 5.37. The molecule has 0 radical (unpaired) electrons. The maximum absolute atomic E-state index is 15.3. The van der Waals surface area contributed by atoms with Crippen LogP contribution in [0.4, 0.5) is 10.2 Å². The summed E-state index contributed by atoms with van der Waals surface area (Å²) in [5.74, 6) is -0.745. The van der Waals surface area contributed by atoms with Gasteiger partial charge in [-0.25, -0.2) is 13.9 Å². The van der Waals surface area contributed by atoms with Gasteiger partial charge in [-0.1, -0.05) is 91.0 Å². The molecule has 6 rings (SSSR count). The Kier molecular flexibility index (Phi) is 8.40. The van der Waals surface area contributed by atoms with E-state index in [1.807, 2.05) is 91.0 Å². The lowest BCUT2D eigenvalue weighted by Gasteiger charge is -2.29. The number of halogens is 1. The highest BCUT2D eigenvalue weighted by molar-refractivity contribution is 5.67. The molecular weight excluding hydrogens is 549 g/mol. The minimum absolute atomic E-state index is 0.0527. The lowest BCUT2D eigenvalue weighted by atomic mass is 9.92. The summed E-state index contributed by atoms with van der Waals surface area (Å²) in [6, 6.07) is 32.5. The first-order valence-electron chi connectivity index (χ1n) is 13.9. The second-order valence-electron chi connectivity index (χ2n) is 10.3. The number of anilines is 1. The summed E-state index contributed by atoms with van der Waals surface area (Å²) >= 11 is 0. The molecule has 3 heterocycles. The van der Waals surface area contributed by atoms with E-state index in [4.69, 9.17) is 24.7 Å². The number of nitrogen functional groups attached to an aromatic ring is 1. The Morgan fingerprint density at radius 1 is 0.884 bits per heavy atom. The summed E-state index contributed by atoms with van der Waals surface area (Å²) in [6.45, 7) is 0.804. The van der Waals surface area contributed by atoms with E-state index in [0.29, 0.717) is 6.61 Å². The second-order valence-corrected chi connectivity index (χ2v) is 10.3. The average Bonchev–Trinajstić information content (AvgIpc) is 3.55. The van der Waals surface area contributed by atoms with E-state index in [2.05, 4.69) is 16.2 Å². The number of hydrogen-bond acceptors (Lipinski definition) is 8. The topological polar surface area (TPSA) is 117 Å². The zero-order valence-electron chi connectivity index (χ0n) is 23.3. The summed E-state index contributed by atoms with van der Waals surface area (Å²) in [4.78, 5) is 3.92. The predicted molar refractivity (Wildman–Crippen MR) is 156 cm³/mol. The Labute approximate surface area is 248 Å². The molecule has 0 unspecified atom stereocenters. The Bertz CT molecular complexity index is 1700. The van der Waals surface area contributed by atoms with Crippen LogP contribution >= 0.6 is 0 Å². The van der Waals surface area contributed by atoms with E-state index in [9.17, 15) is 5.26 Å². The van der Waals surface area contributed by atoms with Crippen LogP contribution in [0.5, 0.6) is 0 Å². The molecule has 5 aromatic rings. The smallest absolute Gasteiger partial charge is 0.226 e. The summed E-state index contributed by atoms with van der Waals surface area (Å²) in [5, 5.41) is 15.1. The van der Waals surface area contributed by atoms with Crippen LogP contribution < -0.4 is 5.73 Å². The highest BCUT2D eigenvalue weighted by Gasteiger charge is 2.60. The zero-order chi connectivity index (χ0) is 29.6. The minimum Gasteiger partial charge on any atom is -0.382 e. The summed E-state index contributed by atoms with van der Waals surface area (Å²) in [5.41, 5.74) is 7.04. The van der Waals surface area contributed by atoms with Crippen LogP contribution in [-0.4, -0.2) is 39.5 Å². The maximum atomic E-state index is 15.3. The number of fused-ring (bicyclic) bond motifs is 1. The van der Waals surface area contributed by atoms with Crippen molar-refractivity contribution in [2.45, 2.75) is 43.7 Å². The lowest BCUT2D eigenvalue weighted by molar-refractivity contribution is -0.0972. The Morgan fingerprint density at radius 3 is 2.07 bits per heavy atom. The van der Waals surface area contributed by atoms with Crippen LogP contribution in [-0.2, 0) is 44.4 Å². The first-order valence-corrected chi connectivity index (χ1v) is 13.9. The summed E-state index contributed by atoms with van der Waals surface area (Å²) in [7, 11) is 0. The molecule has 1 aliphatic heterocycles. The third kappa shape index (κ3) is 5.84. The highest BCUT2D eigenvalue weighted by atomic mass is 19.1. The fourth-order valence-electron chi connectivity index (χ4n) is 5.37. The van der Waals surface area contributed by atoms with Crippen molar-refractivity contribution in [1.29, 1.82) is 5.26 Å². The maximum Gasteiger partial charge on any atom is 0.226 e. The molecule has 1 aliphatic rings. The number of nitriles is 1. The number of nitrogens with zero attached hydrogens (tertiary/aromatic N) is 4. The van der Waals surface area contributed by atoms with Gasteiger partial charge in [0.2, 0.25) is 5.60 Å². The van der Waals surface area contributed by atoms with Crippen molar-refractivity contribution < 1.29 is 23.3 Å². The molecule has 2 aromatic heterocycles. The third-order valence-corrected chi connectivity index (χ3v) is 7.44. The van der Waals surface area contributed by atoms with Crippen LogP contribution in [0.15, 0.2) is 103 Å². The molecule has 1 fully saturated rings. The second kappa shape index (κ2) is 12.7. The van der Waals surface area contributed by atoms with Crippen molar-refractivity contribution >= 4 is 11.3 Å². The molecule has 3 aromatic carbocycles. The highest BCUT2D eigenvalue weighted by Crippen LogP contribution is 2.44. The molecule has 218 valence electrons. The van der Waals surface area contributed by atoms with Gasteiger partial charge in [0.1, 0.15) is 36.2 Å². The van der Waals surface area contributed by atoms with E-state index >= 15 is 4.39 Å². The Hall–Kier alpha value is -4.66. The monoisotopic (exact) mass is 579 g/mol. The molecule has 2 N–H and O–H groups in total. The number of aromatic nitrogens is 3. The first-order chi connectivity index (χ1) is 21.1. The zero-order valence-corrected chi connectivity index (χ0v) is 23.3. The number of rotatable bonds is 11. The summed E-state index contributed by atoms with van der Waals surface area (Å²) in [6.07, 6.45) is -1.32. The van der Waals surface area contributed by atoms with Crippen molar-refractivity contribution in [1.82, 2.24) is 14.6 Å². The average molecular weight is 580 g/mol. The quantitative estimate of drug-likeness (QED) is 0.234. The SMILES string of the molecule is N#C[C@@]1(c2cc(F)c3c(N)ncnn23)O[C@H](COCc2ccccc2)[C@@H](OCc2ccccc2)[C@H]1OCc1ccccc1. The molecule has 43 heavy (non-hydrogen) atoms. The minimum atomic E-state index is -1.83. The van der Waals surface area contributed by atoms with Crippen LogP contribution in [0.3, 0.4) is 0 Å². The fraction of sp³-hybridized carbons (Fsp3) is 0.242. The van der Waals surface area contributed by atoms with Crippen molar-refractivity contribution in [2.24, 2.45) is 0 Å². The van der Waals surface area contributed by atoms with Gasteiger partial charge in [0.05, 0.1) is 32.1 Å². The molecule has 0 amide bonds. The number of nitrogens with two attached hydrogens (primary N) is 1. The Morgan fingerprint density at radius 2 is 1.47 bits per heavy atom. The van der Waals surface area contributed by atoms with Crippen LogP contribution in [0.1, 0.15) is 22.4 Å². The number of benzene rings is 3. The molecule has 4 atom stereocenters. The molecular formula is C33H30FN5O4. The van der Waals surface area contributed by atoms with Crippen molar-refractivity contribution in [3.63, 3.8) is 0 Å². The molecule has 0 bridgehead atoms. The number of hydrogen-bond donors (Lipinski definition) is 1. The van der Waals surface area contributed by atoms with Crippen molar-refractivity contribution in [3.8, 4) is 6.07 Å². The van der Waals surface area contributed by atoms with Gasteiger partial charge in [-0.05, 0) is 16.7 Å². The van der Waals surface area contributed by atoms with Gasteiger partial charge >= 0.3 is 0 Å². The van der Waals surface area contributed by atoms with Crippen LogP contribution in [0.2, 0.25) is 0 Å². The van der Waals surface area contributed by atoms with Crippen molar-refractivity contribution in [3.05, 3.63) is 132 Å². The number of ether oxygens (including phenoxy) is 4.